The SMILES string of the molecule is O=C(O)c1ccc(C(c2c[nH]c3ncc(Cl)cc23)c2c[nH]c3ncc(Cl)cc23)cc1. The summed E-state index contributed by atoms with van der Waals surface area (Å²) in [5.41, 5.74) is 4.51. The minimum absolute atomic E-state index is 0.226. The van der Waals surface area contributed by atoms with Crippen molar-refractivity contribution >= 4 is 51.2 Å². The molecule has 0 aliphatic heterocycles. The topological polar surface area (TPSA) is 94.7 Å². The number of aromatic carboxylic acids is 1. The number of aromatic amines is 2. The third-order valence-electron chi connectivity index (χ3n) is 5.17. The van der Waals surface area contributed by atoms with Gasteiger partial charge in [-0.2, -0.15) is 0 Å². The molecule has 5 rings (SSSR count). The molecular formula is C22H14Cl2N4O2. The normalized spacial score (nSPS) is 11.6. The molecule has 4 aromatic heterocycles. The Morgan fingerprint density at radius 3 is 1.83 bits per heavy atom. The standard InChI is InChI=1S/C22H14Cl2N4O2/c23-13-5-15-17(9-27-20(15)25-7-13)19(11-1-3-12(4-2-11)22(29)30)18-10-28-21-16(18)6-14(24)8-26-21/h1-10,19H,(H,25,27)(H,26,28)(H,29,30). The van der Waals surface area contributed by atoms with E-state index in [9.17, 15) is 9.90 Å². The third-order valence-corrected chi connectivity index (χ3v) is 5.59. The molecule has 0 aliphatic carbocycles. The van der Waals surface area contributed by atoms with Crippen LogP contribution >= 0.6 is 23.2 Å². The number of carboxylic acid groups (broad SMARTS) is 1. The van der Waals surface area contributed by atoms with Crippen LogP contribution in [0.3, 0.4) is 0 Å². The number of carbonyl (C=O) groups is 1. The summed E-state index contributed by atoms with van der Waals surface area (Å²) in [7, 11) is 0. The van der Waals surface area contributed by atoms with Gasteiger partial charge in [-0.25, -0.2) is 14.8 Å². The molecular weight excluding hydrogens is 423 g/mol. The van der Waals surface area contributed by atoms with E-state index < -0.39 is 5.97 Å². The first-order valence-corrected chi connectivity index (χ1v) is 9.85. The lowest BCUT2D eigenvalue weighted by Crippen LogP contribution is -2.04. The summed E-state index contributed by atoms with van der Waals surface area (Å²) >= 11 is 12.4. The van der Waals surface area contributed by atoms with Crippen molar-refractivity contribution in [2.45, 2.75) is 5.92 Å². The number of rotatable bonds is 4. The van der Waals surface area contributed by atoms with Crippen molar-refractivity contribution in [2.24, 2.45) is 0 Å². The number of halogens is 2. The van der Waals surface area contributed by atoms with Gasteiger partial charge in [-0.3, -0.25) is 0 Å². The molecule has 3 N–H and O–H groups in total. The molecule has 0 fully saturated rings. The molecule has 0 aliphatic rings. The summed E-state index contributed by atoms with van der Waals surface area (Å²) < 4.78 is 0. The lowest BCUT2D eigenvalue weighted by Gasteiger charge is -2.17. The van der Waals surface area contributed by atoms with Crippen LogP contribution in [0.5, 0.6) is 0 Å². The summed E-state index contributed by atoms with van der Waals surface area (Å²) in [6, 6.07) is 10.6. The number of carboxylic acids is 1. The third kappa shape index (κ3) is 3.10. The molecule has 5 aromatic rings. The molecule has 6 nitrogen and oxygen atoms in total. The van der Waals surface area contributed by atoms with Crippen molar-refractivity contribution in [1.82, 2.24) is 19.9 Å². The van der Waals surface area contributed by atoms with Crippen molar-refractivity contribution in [1.29, 1.82) is 0 Å². The quantitative estimate of drug-likeness (QED) is 0.340. The van der Waals surface area contributed by atoms with Crippen LogP contribution in [0.25, 0.3) is 22.1 Å². The molecule has 0 atom stereocenters. The summed E-state index contributed by atoms with van der Waals surface area (Å²) in [6.45, 7) is 0. The van der Waals surface area contributed by atoms with E-state index in [0.29, 0.717) is 10.0 Å². The minimum Gasteiger partial charge on any atom is -0.478 e. The molecule has 0 amide bonds. The number of pyridine rings is 2. The van der Waals surface area contributed by atoms with Crippen molar-refractivity contribution in [3.8, 4) is 0 Å². The van der Waals surface area contributed by atoms with Crippen LogP contribution < -0.4 is 0 Å². The molecule has 0 unspecified atom stereocenters. The Morgan fingerprint density at radius 2 is 1.37 bits per heavy atom. The minimum atomic E-state index is -0.968. The molecule has 4 heterocycles. The zero-order valence-electron chi connectivity index (χ0n) is 15.4. The van der Waals surface area contributed by atoms with Crippen molar-refractivity contribution < 1.29 is 9.90 Å². The number of nitrogens with one attached hydrogen (secondary N) is 2. The monoisotopic (exact) mass is 436 g/mol. The second-order valence-electron chi connectivity index (χ2n) is 6.95. The lowest BCUT2D eigenvalue weighted by atomic mass is 9.85. The Balaban J connectivity index is 1.78. The number of benzene rings is 1. The maximum absolute atomic E-state index is 11.3. The van der Waals surface area contributed by atoms with Crippen molar-refractivity contribution in [3.63, 3.8) is 0 Å². The predicted octanol–water partition coefficient (Wildman–Crippen LogP) is 5.62. The highest BCUT2D eigenvalue weighted by molar-refractivity contribution is 6.31. The summed E-state index contributed by atoms with van der Waals surface area (Å²) in [5, 5.41) is 12.1. The van der Waals surface area contributed by atoms with Gasteiger partial charge in [0.25, 0.3) is 0 Å². The van der Waals surface area contributed by atoms with E-state index in [1.54, 1.807) is 24.5 Å². The highest BCUT2D eigenvalue weighted by atomic mass is 35.5. The van der Waals surface area contributed by atoms with E-state index in [0.717, 1.165) is 38.8 Å². The van der Waals surface area contributed by atoms with Crippen LogP contribution in [0.2, 0.25) is 10.0 Å². The second kappa shape index (κ2) is 7.16. The first kappa shape index (κ1) is 18.7. The van der Waals surface area contributed by atoms with E-state index in [-0.39, 0.29) is 11.5 Å². The fraction of sp³-hybridized carbons (Fsp3) is 0.0455. The van der Waals surface area contributed by atoms with Gasteiger partial charge >= 0.3 is 5.97 Å². The molecule has 0 radical (unpaired) electrons. The molecule has 30 heavy (non-hydrogen) atoms. The molecule has 1 aromatic carbocycles. The van der Waals surface area contributed by atoms with Crippen LogP contribution in [-0.4, -0.2) is 31.0 Å². The van der Waals surface area contributed by atoms with Crippen LogP contribution in [-0.2, 0) is 0 Å². The number of nitrogens with zero attached hydrogens (tertiary/aromatic N) is 2. The highest BCUT2D eigenvalue weighted by Crippen LogP contribution is 2.39. The van der Waals surface area contributed by atoms with Gasteiger partial charge in [0.05, 0.1) is 15.6 Å². The average molecular weight is 437 g/mol. The van der Waals surface area contributed by atoms with Gasteiger partial charge in [0.1, 0.15) is 11.3 Å². The molecule has 0 saturated heterocycles. The van der Waals surface area contributed by atoms with Crippen molar-refractivity contribution in [3.05, 3.63) is 93.5 Å². The average Bonchev–Trinajstić information content (AvgIpc) is 3.33. The molecule has 0 spiro atoms. The maximum atomic E-state index is 11.3. The number of hydrogen-bond acceptors (Lipinski definition) is 3. The zero-order valence-corrected chi connectivity index (χ0v) is 16.9. The lowest BCUT2D eigenvalue weighted by molar-refractivity contribution is 0.0697. The fourth-order valence-corrected chi connectivity index (χ4v) is 4.13. The number of aromatic nitrogens is 4. The number of hydrogen-bond donors (Lipinski definition) is 3. The summed E-state index contributed by atoms with van der Waals surface area (Å²) in [6.07, 6.45) is 6.99. The Hall–Kier alpha value is -3.35. The van der Waals surface area contributed by atoms with E-state index in [2.05, 4.69) is 19.9 Å². The first-order valence-electron chi connectivity index (χ1n) is 9.09. The van der Waals surface area contributed by atoms with Gasteiger partial charge in [0, 0.05) is 41.5 Å². The molecule has 0 bridgehead atoms. The molecule has 148 valence electrons. The van der Waals surface area contributed by atoms with Crippen LogP contribution in [0.1, 0.15) is 33.0 Å². The number of H-pyrrole nitrogens is 2. The Morgan fingerprint density at radius 1 is 0.867 bits per heavy atom. The van der Waals surface area contributed by atoms with E-state index in [1.165, 1.54) is 0 Å². The Kier molecular flexibility index (Phi) is 4.46. The van der Waals surface area contributed by atoms with E-state index >= 15 is 0 Å². The van der Waals surface area contributed by atoms with Crippen LogP contribution in [0.4, 0.5) is 0 Å². The van der Waals surface area contributed by atoms with Crippen LogP contribution in [0, 0.1) is 0 Å². The van der Waals surface area contributed by atoms with Crippen molar-refractivity contribution in [2.75, 3.05) is 0 Å². The highest BCUT2D eigenvalue weighted by Gasteiger charge is 2.24. The molecule has 8 heteroatoms. The van der Waals surface area contributed by atoms with Gasteiger partial charge < -0.3 is 15.1 Å². The Labute approximate surface area is 180 Å². The Bertz CT molecular complexity index is 1330. The van der Waals surface area contributed by atoms with Crippen LogP contribution in [0.15, 0.2) is 61.2 Å². The predicted molar refractivity (Wildman–Crippen MR) is 117 cm³/mol. The van der Waals surface area contributed by atoms with Gasteiger partial charge in [-0.1, -0.05) is 35.3 Å². The van der Waals surface area contributed by atoms with E-state index in [4.69, 9.17) is 23.2 Å². The molecule has 0 saturated carbocycles. The fourth-order valence-electron chi connectivity index (χ4n) is 3.82. The van der Waals surface area contributed by atoms with Gasteiger partial charge in [-0.15, -0.1) is 0 Å². The van der Waals surface area contributed by atoms with E-state index in [1.807, 2.05) is 36.7 Å². The number of fused-ring (bicyclic) bond motifs is 2. The largest absolute Gasteiger partial charge is 0.478 e. The van der Waals surface area contributed by atoms with Gasteiger partial charge in [0.15, 0.2) is 0 Å². The van der Waals surface area contributed by atoms with Gasteiger partial charge in [0.2, 0.25) is 0 Å². The smallest absolute Gasteiger partial charge is 0.335 e. The summed E-state index contributed by atoms with van der Waals surface area (Å²) in [4.78, 5) is 26.4. The second-order valence-corrected chi connectivity index (χ2v) is 7.82. The van der Waals surface area contributed by atoms with Gasteiger partial charge in [-0.05, 0) is 41.0 Å². The maximum Gasteiger partial charge on any atom is 0.335 e. The first-order chi connectivity index (χ1) is 14.5. The zero-order chi connectivity index (χ0) is 20.8. The summed E-state index contributed by atoms with van der Waals surface area (Å²) in [5.74, 6) is -1.19.